The van der Waals surface area contributed by atoms with E-state index in [9.17, 15) is 4.79 Å². The molecule has 0 aliphatic heterocycles. The van der Waals surface area contributed by atoms with Gasteiger partial charge in [-0.05, 0) is 19.1 Å². The SMILES string of the molecule is C/C(=C\C=C/[NH3+])C(N)=O. The zero-order chi connectivity index (χ0) is 7.28. The van der Waals surface area contributed by atoms with Gasteiger partial charge in [-0.15, -0.1) is 0 Å². The maximum absolute atomic E-state index is 10.3. The Balaban J connectivity index is 4.00. The van der Waals surface area contributed by atoms with E-state index < -0.39 is 5.91 Å². The zero-order valence-corrected chi connectivity index (χ0v) is 5.42. The highest BCUT2D eigenvalue weighted by molar-refractivity contribution is 5.91. The highest BCUT2D eigenvalue weighted by Crippen LogP contribution is 1.88. The third-order valence-electron chi connectivity index (χ3n) is 0.871. The van der Waals surface area contributed by atoms with Crippen LogP contribution >= 0.6 is 0 Å². The molecule has 0 saturated carbocycles. The van der Waals surface area contributed by atoms with Gasteiger partial charge in [-0.2, -0.15) is 0 Å². The molecule has 0 radical (unpaired) electrons. The normalized spacial score (nSPS) is 12.4. The number of carbonyl (C=O) groups is 1. The number of primary amides is 1. The molecule has 0 bridgehead atoms. The first-order valence-electron chi connectivity index (χ1n) is 2.61. The Labute approximate surface area is 54.0 Å². The number of quaternary nitrogens is 1. The Morgan fingerprint density at radius 1 is 1.67 bits per heavy atom. The standard InChI is InChI=1S/C6H10N2O/c1-5(6(8)9)3-2-4-7/h2-4H,7H2,1H3,(H2,8,9)/p+1/b4-2-,5-3+. The van der Waals surface area contributed by atoms with Gasteiger partial charge in [-0.25, -0.2) is 0 Å². The molecule has 0 aliphatic rings. The van der Waals surface area contributed by atoms with Gasteiger partial charge in [0.1, 0.15) is 0 Å². The molecule has 0 saturated heterocycles. The van der Waals surface area contributed by atoms with E-state index in [4.69, 9.17) is 5.73 Å². The van der Waals surface area contributed by atoms with E-state index in [2.05, 4.69) is 5.73 Å². The van der Waals surface area contributed by atoms with Crippen LogP contribution in [-0.2, 0) is 4.79 Å². The molecule has 0 fully saturated rings. The van der Waals surface area contributed by atoms with Gasteiger partial charge >= 0.3 is 0 Å². The highest BCUT2D eigenvalue weighted by Gasteiger charge is 1.91. The minimum atomic E-state index is -0.395. The molecule has 0 aromatic carbocycles. The number of allylic oxidation sites excluding steroid dienone is 2. The first-order chi connectivity index (χ1) is 4.18. The van der Waals surface area contributed by atoms with Gasteiger partial charge < -0.3 is 11.5 Å². The zero-order valence-electron chi connectivity index (χ0n) is 5.42. The summed E-state index contributed by atoms with van der Waals surface area (Å²) >= 11 is 0. The molecule has 3 nitrogen and oxygen atoms in total. The molecule has 0 unspecified atom stereocenters. The number of hydrogen-bond acceptors (Lipinski definition) is 1. The van der Waals surface area contributed by atoms with Crippen molar-refractivity contribution >= 4 is 5.91 Å². The Hall–Kier alpha value is -1.09. The van der Waals surface area contributed by atoms with Crippen LogP contribution in [-0.4, -0.2) is 5.91 Å². The van der Waals surface area contributed by atoms with Gasteiger partial charge in [-0.3, -0.25) is 4.79 Å². The van der Waals surface area contributed by atoms with E-state index in [1.54, 1.807) is 25.3 Å². The summed E-state index contributed by atoms with van der Waals surface area (Å²) in [6.07, 6.45) is 4.88. The van der Waals surface area contributed by atoms with Crippen LogP contribution in [0.15, 0.2) is 23.9 Å². The quantitative estimate of drug-likeness (QED) is 0.369. The Morgan fingerprint density at radius 3 is 2.56 bits per heavy atom. The van der Waals surface area contributed by atoms with Crippen molar-refractivity contribution in [3.63, 3.8) is 0 Å². The lowest BCUT2D eigenvalue weighted by atomic mass is 10.3. The minimum absolute atomic E-state index is 0.395. The minimum Gasteiger partial charge on any atom is -0.366 e. The topological polar surface area (TPSA) is 70.7 Å². The van der Waals surface area contributed by atoms with Crippen molar-refractivity contribution in [1.82, 2.24) is 0 Å². The Bertz CT molecular complexity index is 158. The number of amides is 1. The smallest absolute Gasteiger partial charge is 0.244 e. The number of carbonyl (C=O) groups excluding carboxylic acids is 1. The van der Waals surface area contributed by atoms with Crippen molar-refractivity contribution in [3.05, 3.63) is 23.9 Å². The van der Waals surface area contributed by atoms with Gasteiger partial charge in [0.25, 0.3) is 0 Å². The van der Waals surface area contributed by atoms with E-state index in [0.29, 0.717) is 5.57 Å². The van der Waals surface area contributed by atoms with Crippen LogP contribution in [0.25, 0.3) is 0 Å². The molecule has 0 aromatic heterocycles. The summed E-state index contributed by atoms with van der Waals surface area (Å²) in [6.45, 7) is 1.66. The van der Waals surface area contributed by atoms with Gasteiger partial charge in [0.15, 0.2) is 0 Å². The fourth-order valence-electron chi connectivity index (χ4n) is 0.295. The molecule has 0 atom stereocenters. The Kier molecular flexibility index (Phi) is 3.39. The summed E-state index contributed by atoms with van der Waals surface area (Å²) in [5, 5.41) is 0. The lowest BCUT2D eigenvalue weighted by molar-refractivity contribution is -0.274. The van der Waals surface area contributed by atoms with Gasteiger partial charge in [0.05, 0.1) is 6.20 Å². The van der Waals surface area contributed by atoms with Gasteiger partial charge in [-0.1, -0.05) is 0 Å². The lowest BCUT2D eigenvalue weighted by Gasteiger charge is -1.86. The van der Waals surface area contributed by atoms with Crippen LogP contribution in [0, 0.1) is 0 Å². The van der Waals surface area contributed by atoms with Crippen molar-refractivity contribution in [2.24, 2.45) is 5.73 Å². The molecule has 0 rings (SSSR count). The van der Waals surface area contributed by atoms with Crippen LogP contribution in [0.3, 0.4) is 0 Å². The molecule has 9 heavy (non-hydrogen) atoms. The fraction of sp³-hybridized carbons (Fsp3) is 0.167. The second-order valence-electron chi connectivity index (χ2n) is 1.64. The Morgan fingerprint density at radius 2 is 2.22 bits per heavy atom. The van der Waals surface area contributed by atoms with Crippen molar-refractivity contribution in [3.8, 4) is 0 Å². The van der Waals surface area contributed by atoms with Crippen LogP contribution < -0.4 is 11.5 Å². The summed E-state index contributed by atoms with van der Waals surface area (Å²) in [5.41, 5.74) is 8.89. The van der Waals surface area contributed by atoms with Crippen LogP contribution in [0.1, 0.15) is 6.92 Å². The van der Waals surface area contributed by atoms with Crippen molar-refractivity contribution in [1.29, 1.82) is 0 Å². The van der Waals surface area contributed by atoms with Crippen LogP contribution in [0.2, 0.25) is 0 Å². The average Bonchev–Trinajstić information content (AvgIpc) is 1.82. The lowest BCUT2D eigenvalue weighted by Crippen LogP contribution is -2.38. The largest absolute Gasteiger partial charge is 0.366 e. The summed E-state index contributed by atoms with van der Waals surface area (Å²) in [6, 6.07) is 0. The summed E-state index contributed by atoms with van der Waals surface area (Å²) in [7, 11) is 0. The van der Waals surface area contributed by atoms with E-state index in [-0.39, 0.29) is 0 Å². The third kappa shape index (κ3) is 3.49. The van der Waals surface area contributed by atoms with E-state index in [1.807, 2.05) is 0 Å². The van der Waals surface area contributed by atoms with Crippen LogP contribution in [0.4, 0.5) is 0 Å². The van der Waals surface area contributed by atoms with Crippen molar-refractivity contribution in [2.45, 2.75) is 6.92 Å². The van der Waals surface area contributed by atoms with Gasteiger partial charge in [0.2, 0.25) is 5.91 Å². The van der Waals surface area contributed by atoms with Crippen LogP contribution in [0.5, 0.6) is 0 Å². The first kappa shape index (κ1) is 7.91. The second kappa shape index (κ2) is 3.86. The third-order valence-corrected chi connectivity index (χ3v) is 0.871. The monoisotopic (exact) mass is 127 g/mol. The van der Waals surface area contributed by atoms with Gasteiger partial charge in [0, 0.05) is 5.57 Å². The summed E-state index contributed by atoms with van der Waals surface area (Å²) in [5.74, 6) is -0.395. The molecule has 3 heteroatoms. The number of rotatable bonds is 2. The molecular formula is C6H11N2O+. The number of nitrogens with two attached hydrogens (primary N) is 1. The summed E-state index contributed by atoms with van der Waals surface area (Å²) in [4.78, 5) is 10.3. The maximum Gasteiger partial charge on any atom is 0.244 e. The fourth-order valence-corrected chi connectivity index (χ4v) is 0.295. The van der Waals surface area contributed by atoms with Crippen molar-refractivity contribution in [2.75, 3.05) is 0 Å². The van der Waals surface area contributed by atoms with Crippen molar-refractivity contribution < 1.29 is 10.5 Å². The first-order valence-corrected chi connectivity index (χ1v) is 2.61. The highest BCUT2D eigenvalue weighted by atomic mass is 16.1. The average molecular weight is 127 g/mol. The molecule has 0 aromatic rings. The molecular weight excluding hydrogens is 116 g/mol. The van der Waals surface area contributed by atoms with E-state index in [1.165, 1.54) is 0 Å². The molecule has 5 N–H and O–H groups in total. The predicted molar refractivity (Wildman–Crippen MR) is 35.0 cm³/mol. The molecule has 0 heterocycles. The molecule has 0 aliphatic carbocycles. The predicted octanol–water partition coefficient (Wildman–Crippen LogP) is -0.826. The van der Waals surface area contributed by atoms with E-state index in [0.717, 1.165) is 0 Å². The maximum atomic E-state index is 10.3. The molecule has 1 amide bonds. The molecule has 0 spiro atoms. The van der Waals surface area contributed by atoms with E-state index >= 15 is 0 Å². The molecule has 50 valence electrons. The second-order valence-corrected chi connectivity index (χ2v) is 1.64. The number of hydrogen-bond donors (Lipinski definition) is 2. The summed E-state index contributed by atoms with van der Waals surface area (Å²) < 4.78 is 0.